The number of esters is 1. The van der Waals surface area contributed by atoms with Crippen LogP contribution < -0.4 is 0 Å². The zero-order valence-corrected chi connectivity index (χ0v) is 12.2. The SMILES string of the molecule is COC(=O)c1cccc(C#Cc2cccc3ccccc23)c1. The van der Waals surface area contributed by atoms with Gasteiger partial charge in [0.15, 0.2) is 0 Å². The number of hydrogen-bond donors (Lipinski definition) is 0. The zero-order chi connectivity index (χ0) is 15.4. The molecule has 0 bridgehead atoms. The summed E-state index contributed by atoms with van der Waals surface area (Å²) >= 11 is 0. The average molecular weight is 286 g/mol. The molecule has 0 unspecified atom stereocenters. The molecule has 3 rings (SSSR count). The maximum atomic E-state index is 11.5. The van der Waals surface area contributed by atoms with E-state index in [2.05, 4.69) is 30.0 Å². The van der Waals surface area contributed by atoms with Crippen molar-refractivity contribution in [3.05, 3.63) is 83.4 Å². The van der Waals surface area contributed by atoms with Gasteiger partial charge in [0, 0.05) is 11.1 Å². The average Bonchev–Trinajstić information content (AvgIpc) is 2.59. The molecule has 0 atom stereocenters. The summed E-state index contributed by atoms with van der Waals surface area (Å²) in [6.07, 6.45) is 0. The van der Waals surface area contributed by atoms with Crippen LogP contribution in [0, 0.1) is 11.8 Å². The molecule has 0 N–H and O–H groups in total. The molecule has 0 aliphatic heterocycles. The van der Waals surface area contributed by atoms with Gasteiger partial charge in [0.05, 0.1) is 12.7 Å². The third kappa shape index (κ3) is 2.84. The second-order valence-corrected chi connectivity index (χ2v) is 4.85. The van der Waals surface area contributed by atoms with Crippen LogP contribution in [0.2, 0.25) is 0 Å². The molecule has 3 aromatic carbocycles. The fraction of sp³-hybridized carbons (Fsp3) is 0.0500. The molecule has 0 aliphatic rings. The largest absolute Gasteiger partial charge is 0.465 e. The van der Waals surface area contributed by atoms with Gasteiger partial charge in [-0.2, -0.15) is 0 Å². The number of benzene rings is 3. The first-order valence-corrected chi connectivity index (χ1v) is 6.96. The van der Waals surface area contributed by atoms with E-state index in [-0.39, 0.29) is 5.97 Å². The standard InChI is InChI=1S/C20H14O2/c1-22-20(21)18-10-4-6-15(14-18)12-13-17-9-5-8-16-7-2-3-11-19(16)17/h2-11,14H,1H3. The van der Waals surface area contributed by atoms with Crippen LogP contribution in [0.3, 0.4) is 0 Å². The van der Waals surface area contributed by atoms with E-state index in [4.69, 9.17) is 4.74 Å². The van der Waals surface area contributed by atoms with Gasteiger partial charge in [-0.1, -0.05) is 54.3 Å². The number of methoxy groups -OCH3 is 1. The highest BCUT2D eigenvalue weighted by atomic mass is 16.5. The summed E-state index contributed by atoms with van der Waals surface area (Å²) in [6, 6.07) is 21.4. The molecule has 2 nitrogen and oxygen atoms in total. The lowest BCUT2D eigenvalue weighted by atomic mass is 10.0. The van der Waals surface area contributed by atoms with Crippen molar-refractivity contribution in [3.8, 4) is 11.8 Å². The van der Waals surface area contributed by atoms with Gasteiger partial charge in [-0.15, -0.1) is 0 Å². The number of carbonyl (C=O) groups excluding carboxylic acids is 1. The number of hydrogen-bond acceptors (Lipinski definition) is 2. The molecule has 0 saturated heterocycles. The van der Waals surface area contributed by atoms with E-state index in [0.717, 1.165) is 21.9 Å². The molecule has 0 spiro atoms. The minimum Gasteiger partial charge on any atom is -0.465 e. The Bertz CT molecular complexity index is 893. The van der Waals surface area contributed by atoms with Crippen LogP contribution in [0.5, 0.6) is 0 Å². The Morgan fingerprint density at radius 1 is 0.909 bits per heavy atom. The first-order chi connectivity index (χ1) is 10.8. The van der Waals surface area contributed by atoms with E-state index in [0.29, 0.717) is 5.56 Å². The summed E-state index contributed by atoms with van der Waals surface area (Å²) < 4.78 is 4.72. The van der Waals surface area contributed by atoms with Gasteiger partial charge >= 0.3 is 5.97 Å². The second kappa shape index (κ2) is 6.15. The van der Waals surface area contributed by atoms with Crippen LogP contribution in [0.25, 0.3) is 10.8 Å². The predicted octanol–water partition coefficient (Wildman–Crippen LogP) is 4.03. The summed E-state index contributed by atoms with van der Waals surface area (Å²) in [4.78, 5) is 11.5. The molecule has 22 heavy (non-hydrogen) atoms. The van der Waals surface area contributed by atoms with Gasteiger partial charge < -0.3 is 4.74 Å². The molecule has 2 heteroatoms. The van der Waals surface area contributed by atoms with Gasteiger partial charge in [-0.3, -0.25) is 0 Å². The van der Waals surface area contributed by atoms with Crippen molar-refractivity contribution in [2.75, 3.05) is 7.11 Å². The molecule has 0 amide bonds. The number of carbonyl (C=O) groups is 1. The van der Waals surface area contributed by atoms with Crippen LogP contribution in [-0.2, 0) is 4.74 Å². The van der Waals surface area contributed by atoms with Crippen LogP contribution in [0.4, 0.5) is 0 Å². The van der Waals surface area contributed by atoms with Crippen molar-refractivity contribution in [3.63, 3.8) is 0 Å². The Kier molecular flexibility index (Phi) is 3.89. The van der Waals surface area contributed by atoms with Gasteiger partial charge in [0.1, 0.15) is 0 Å². The molecule has 0 radical (unpaired) electrons. The van der Waals surface area contributed by atoms with Crippen LogP contribution in [0.15, 0.2) is 66.7 Å². The Balaban J connectivity index is 2.00. The molecule has 0 heterocycles. The molecule has 0 aliphatic carbocycles. The summed E-state index contributed by atoms with van der Waals surface area (Å²) in [5.41, 5.74) is 2.27. The Morgan fingerprint density at radius 3 is 2.55 bits per heavy atom. The highest BCUT2D eigenvalue weighted by molar-refractivity contribution is 5.90. The highest BCUT2D eigenvalue weighted by Gasteiger charge is 2.04. The van der Waals surface area contributed by atoms with Gasteiger partial charge in [-0.25, -0.2) is 4.79 Å². The summed E-state index contributed by atoms with van der Waals surface area (Å²) in [6.45, 7) is 0. The third-order valence-electron chi connectivity index (χ3n) is 3.41. The quantitative estimate of drug-likeness (QED) is 0.499. The Labute approximate surface area is 129 Å². The fourth-order valence-corrected chi connectivity index (χ4v) is 2.32. The molecular formula is C20H14O2. The van der Waals surface area contributed by atoms with E-state index in [1.165, 1.54) is 7.11 Å². The van der Waals surface area contributed by atoms with Gasteiger partial charge in [0.2, 0.25) is 0 Å². The molecule has 3 aromatic rings. The third-order valence-corrected chi connectivity index (χ3v) is 3.41. The molecule has 0 fully saturated rings. The van der Waals surface area contributed by atoms with Crippen molar-refractivity contribution in [1.29, 1.82) is 0 Å². The van der Waals surface area contributed by atoms with Crippen molar-refractivity contribution >= 4 is 16.7 Å². The first-order valence-electron chi connectivity index (χ1n) is 6.96. The fourth-order valence-electron chi connectivity index (χ4n) is 2.32. The Hall–Kier alpha value is -3.05. The molecule has 0 saturated carbocycles. The van der Waals surface area contributed by atoms with Gasteiger partial charge in [-0.05, 0) is 35.0 Å². The van der Waals surface area contributed by atoms with Crippen molar-refractivity contribution in [2.45, 2.75) is 0 Å². The number of rotatable bonds is 1. The lowest BCUT2D eigenvalue weighted by Gasteiger charge is -2.00. The van der Waals surface area contributed by atoms with E-state index in [9.17, 15) is 4.79 Å². The highest BCUT2D eigenvalue weighted by Crippen LogP contribution is 2.17. The molecule has 106 valence electrons. The van der Waals surface area contributed by atoms with Crippen molar-refractivity contribution in [2.24, 2.45) is 0 Å². The van der Waals surface area contributed by atoms with E-state index < -0.39 is 0 Å². The summed E-state index contributed by atoms with van der Waals surface area (Å²) in [5.74, 6) is 5.95. The maximum Gasteiger partial charge on any atom is 0.337 e. The second-order valence-electron chi connectivity index (χ2n) is 4.85. The minimum absolute atomic E-state index is 0.353. The summed E-state index contributed by atoms with van der Waals surface area (Å²) in [5, 5.41) is 2.29. The first kappa shape index (κ1) is 13.9. The van der Waals surface area contributed by atoms with E-state index >= 15 is 0 Å². The zero-order valence-electron chi connectivity index (χ0n) is 12.2. The monoisotopic (exact) mass is 286 g/mol. The van der Waals surface area contributed by atoms with Crippen LogP contribution in [0.1, 0.15) is 21.5 Å². The number of ether oxygens (including phenoxy) is 1. The Morgan fingerprint density at radius 2 is 1.68 bits per heavy atom. The lowest BCUT2D eigenvalue weighted by molar-refractivity contribution is 0.0600. The maximum absolute atomic E-state index is 11.5. The van der Waals surface area contributed by atoms with E-state index in [1.54, 1.807) is 18.2 Å². The number of fused-ring (bicyclic) bond motifs is 1. The van der Waals surface area contributed by atoms with Crippen molar-refractivity contribution < 1.29 is 9.53 Å². The van der Waals surface area contributed by atoms with Gasteiger partial charge in [0.25, 0.3) is 0 Å². The smallest absolute Gasteiger partial charge is 0.337 e. The van der Waals surface area contributed by atoms with E-state index in [1.807, 2.05) is 30.3 Å². The lowest BCUT2D eigenvalue weighted by Crippen LogP contribution is -2.00. The van der Waals surface area contributed by atoms with Crippen LogP contribution >= 0.6 is 0 Å². The topological polar surface area (TPSA) is 26.3 Å². The van der Waals surface area contributed by atoms with Crippen LogP contribution in [-0.4, -0.2) is 13.1 Å². The minimum atomic E-state index is -0.353. The van der Waals surface area contributed by atoms with Crippen molar-refractivity contribution in [1.82, 2.24) is 0 Å². The summed E-state index contributed by atoms with van der Waals surface area (Å²) in [7, 11) is 1.37. The normalized spacial score (nSPS) is 9.86. The predicted molar refractivity (Wildman–Crippen MR) is 87.7 cm³/mol. The molecular weight excluding hydrogens is 272 g/mol. The molecule has 0 aromatic heterocycles.